The minimum absolute atomic E-state index is 0.358. The van der Waals surface area contributed by atoms with E-state index >= 15 is 0 Å². The average molecular weight is 170 g/mol. The van der Waals surface area contributed by atoms with Gasteiger partial charge in [-0.1, -0.05) is 0 Å². The van der Waals surface area contributed by atoms with Gasteiger partial charge in [0.15, 0.2) is 0 Å². The predicted molar refractivity (Wildman–Crippen MR) is 42.7 cm³/mol. The number of aliphatic carboxylic acids is 1. The smallest absolute Gasteiger partial charge is 0.309 e. The van der Waals surface area contributed by atoms with E-state index in [2.05, 4.69) is 0 Å². The molecule has 3 fully saturated rings. The molecule has 3 aliphatic carbocycles. The van der Waals surface area contributed by atoms with Gasteiger partial charge in [-0.25, -0.2) is 0 Å². The van der Waals surface area contributed by atoms with Crippen molar-refractivity contribution in [2.75, 3.05) is 0 Å². The highest BCUT2D eigenvalue weighted by molar-refractivity contribution is 5.75. The third-order valence-corrected chi connectivity index (χ3v) is 3.59. The van der Waals surface area contributed by atoms with Gasteiger partial charge in [0.1, 0.15) is 0 Å². The first-order valence-electron chi connectivity index (χ1n) is 4.55. The highest BCUT2D eigenvalue weighted by Gasteiger charge is 2.49. The van der Waals surface area contributed by atoms with E-state index in [1.165, 1.54) is 0 Å². The van der Waals surface area contributed by atoms with Gasteiger partial charge >= 0.3 is 5.97 Å². The molecule has 3 nitrogen and oxygen atoms in total. The monoisotopic (exact) mass is 170 g/mol. The Morgan fingerprint density at radius 1 is 1.33 bits per heavy atom. The van der Waals surface area contributed by atoms with E-state index in [4.69, 9.17) is 5.11 Å². The van der Waals surface area contributed by atoms with Crippen LogP contribution in [0, 0.1) is 11.3 Å². The van der Waals surface area contributed by atoms with Gasteiger partial charge in [0.25, 0.3) is 0 Å². The van der Waals surface area contributed by atoms with Gasteiger partial charge in [-0.3, -0.25) is 4.79 Å². The van der Waals surface area contributed by atoms with Crippen LogP contribution in [-0.2, 0) is 4.79 Å². The van der Waals surface area contributed by atoms with Crippen molar-refractivity contribution in [1.29, 1.82) is 0 Å². The van der Waals surface area contributed by atoms with Gasteiger partial charge in [-0.05, 0) is 38.0 Å². The molecule has 0 aliphatic heterocycles. The molecule has 2 bridgehead atoms. The van der Waals surface area contributed by atoms with Crippen LogP contribution < -0.4 is 0 Å². The number of hydrogen-bond acceptors (Lipinski definition) is 2. The maximum Gasteiger partial charge on any atom is 0.309 e. The molecule has 0 aromatic heterocycles. The highest BCUT2D eigenvalue weighted by atomic mass is 16.4. The lowest BCUT2D eigenvalue weighted by molar-refractivity contribution is -0.161. The van der Waals surface area contributed by atoms with Crippen LogP contribution in [0.15, 0.2) is 0 Å². The number of aliphatic hydroxyl groups is 1. The van der Waals surface area contributed by atoms with E-state index in [-0.39, 0.29) is 6.10 Å². The third kappa shape index (κ3) is 0.959. The molecule has 1 unspecified atom stereocenters. The van der Waals surface area contributed by atoms with Crippen molar-refractivity contribution in [3.05, 3.63) is 0 Å². The fourth-order valence-corrected chi connectivity index (χ4v) is 2.65. The zero-order valence-corrected chi connectivity index (χ0v) is 6.99. The van der Waals surface area contributed by atoms with Crippen LogP contribution in [0.2, 0.25) is 0 Å². The van der Waals surface area contributed by atoms with Crippen molar-refractivity contribution in [3.8, 4) is 0 Å². The van der Waals surface area contributed by atoms with Crippen molar-refractivity contribution in [1.82, 2.24) is 0 Å². The Morgan fingerprint density at radius 2 is 1.92 bits per heavy atom. The normalized spacial score (nSPS) is 46.1. The summed E-state index contributed by atoms with van der Waals surface area (Å²) < 4.78 is 0. The summed E-state index contributed by atoms with van der Waals surface area (Å²) in [4.78, 5) is 11.0. The Labute approximate surface area is 71.4 Å². The molecule has 3 heteroatoms. The molecule has 0 amide bonds. The summed E-state index contributed by atoms with van der Waals surface area (Å²) in [6.07, 6.45) is 3.45. The number of carbonyl (C=O) groups is 1. The van der Waals surface area contributed by atoms with E-state index in [9.17, 15) is 9.90 Å². The minimum atomic E-state index is -0.709. The minimum Gasteiger partial charge on any atom is -0.481 e. The molecule has 2 N–H and O–H groups in total. The largest absolute Gasteiger partial charge is 0.481 e. The van der Waals surface area contributed by atoms with Crippen LogP contribution in [-0.4, -0.2) is 22.3 Å². The summed E-state index contributed by atoms with van der Waals surface area (Å²) in [6.45, 7) is 0. The number of aliphatic hydroxyl groups excluding tert-OH is 1. The van der Waals surface area contributed by atoms with Gasteiger partial charge in [0, 0.05) is 0 Å². The van der Waals surface area contributed by atoms with Crippen LogP contribution in [0.1, 0.15) is 32.1 Å². The Morgan fingerprint density at radius 3 is 2.25 bits per heavy atom. The highest BCUT2D eigenvalue weighted by Crippen LogP contribution is 2.50. The molecule has 3 saturated carbocycles. The van der Waals surface area contributed by atoms with Crippen LogP contribution in [0.25, 0.3) is 0 Å². The Hall–Kier alpha value is -0.570. The van der Waals surface area contributed by atoms with Crippen LogP contribution in [0.3, 0.4) is 0 Å². The lowest BCUT2D eigenvalue weighted by Gasteiger charge is -2.46. The SMILES string of the molecule is O=C(O)C12CCC(CC1)C(O)C2. The second kappa shape index (κ2) is 2.46. The van der Waals surface area contributed by atoms with Gasteiger partial charge in [-0.15, -0.1) is 0 Å². The summed E-state index contributed by atoms with van der Waals surface area (Å²) in [7, 11) is 0. The molecule has 0 aromatic carbocycles. The maximum absolute atomic E-state index is 11.0. The van der Waals surface area contributed by atoms with Crippen molar-refractivity contribution >= 4 is 5.97 Å². The number of carboxylic acid groups (broad SMARTS) is 1. The molecule has 3 aliphatic rings. The third-order valence-electron chi connectivity index (χ3n) is 3.59. The first-order valence-corrected chi connectivity index (χ1v) is 4.55. The molecule has 68 valence electrons. The Balaban J connectivity index is 2.21. The molecule has 1 atom stereocenters. The summed E-state index contributed by atoms with van der Waals surface area (Å²) >= 11 is 0. The van der Waals surface area contributed by atoms with Crippen molar-refractivity contribution in [2.45, 2.75) is 38.2 Å². The molecule has 0 heterocycles. The standard InChI is InChI=1S/C9H14O3/c10-7-5-9(8(11)12)3-1-6(7)2-4-9/h6-7,10H,1-5H2,(H,11,12). The molecule has 0 aromatic rings. The summed E-state index contributed by atoms with van der Waals surface area (Å²) in [6, 6.07) is 0. The number of fused-ring (bicyclic) bond motifs is 3. The van der Waals surface area contributed by atoms with Gasteiger partial charge in [-0.2, -0.15) is 0 Å². The summed E-state index contributed by atoms with van der Waals surface area (Å²) in [5.41, 5.74) is -0.575. The quantitative estimate of drug-likeness (QED) is 0.617. The topological polar surface area (TPSA) is 57.5 Å². The van der Waals surface area contributed by atoms with Gasteiger partial charge in [0.2, 0.25) is 0 Å². The molecular formula is C9H14O3. The number of hydrogen-bond donors (Lipinski definition) is 2. The van der Waals surface area contributed by atoms with Gasteiger partial charge in [0.05, 0.1) is 11.5 Å². The van der Waals surface area contributed by atoms with Crippen molar-refractivity contribution < 1.29 is 15.0 Å². The second-order valence-electron chi connectivity index (χ2n) is 4.19. The Kier molecular flexibility index (Phi) is 1.65. The van der Waals surface area contributed by atoms with Gasteiger partial charge < -0.3 is 10.2 Å². The summed E-state index contributed by atoms with van der Waals surface area (Å²) in [5.74, 6) is -0.328. The van der Waals surface area contributed by atoms with E-state index in [1.807, 2.05) is 0 Å². The van der Waals surface area contributed by atoms with Crippen LogP contribution >= 0.6 is 0 Å². The number of rotatable bonds is 1. The van der Waals surface area contributed by atoms with E-state index < -0.39 is 11.4 Å². The lowest BCUT2D eigenvalue weighted by atomic mass is 9.59. The summed E-state index contributed by atoms with van der Waals surface area (Å²) in [5, 5.41) is 18.6. The molecule has 0 saturated heterocycles. The molecular weight excluding hydrogens is 156 g/mol. The van der Waals surface area contributed by atoms with E-state index in [1.54, 1.807) is 0 Å². The van der Waals surface area contributed by atoms with Crippen LogP contribution in [0.4, 0.5) is 0 Å². The maximum atomic E-state index is 11.0. The average Bonchev–Trinajstić information content (AvgIpc) is 2.05. The molecule has 0 radical (unpaired) electrons. The molecule has 0 spiro atoms. The Bertz CT molecular complexity index is 204. The zero-order chi connectivity index (χ0) is 8.77. The lowest BCUT2D eigenvalue weighted by Crippen LogP contribution is -2.47. The van der Waals surface area contributed by atoms with Crippen molar-refractivity contribution in [3.63, 3.8) is 0 Å². The fourth-order valence-electron chi connectivity index (χ4n) is 2.65. The van der Waals surface area contributed by atoms with Crippen molar-refractivity contribution in [2.24, 2.45) is 11.3 Å². The molecule has 3 rings (SSSR count). The van der Waals surface area contributed by atoms with E-state index in [0.717, 1.165) is 25.7 Å². The number of carboxylic acids is 1. The zero-order valence-electron chi connectivity index (χ0n) is 6.99. The first kappa shape index (κ1) is 8.05. The van der Waals surface area contributed by atoms with E-state index in [0.29, 0.717) is 12.3 Å². The predicted octanol–water partition coefficient (Wildman–Crippen LogP) is 1.01. The van der Waals surface area contributed by atoms with Crippen LogP contribution in [0.5, 0.6) is 0 Å². The molecule has 12 heavy (non-hydrogen) atoms. The first-order chi connectivity index (χ1) is 5.64. The fraction of sp³-hybridized carbons (Fsp3) is 0.889. The second-order valence-corrected chi connectivity index (χ2v) is 4.19.